The van der Waals surface area contributed by atoms with E-state index in [-0.39, 0.29) is 11.6 Å². The predicted octanol–water partition coefficient (Wildman–Crippen LogP) is 0.240. The summed E-state index contributed by atoms with van der Waals surface area (Å²) in [5, 5.41) is 0. The zero-order valence-electron chi connectivity index (χ0n) is 6.80. The molecular formula is C8H13NO2. The van der Waals surface area contributed by atoms with E-state index >= 15 is 0 Å². The van der Waals surface area contributed by atoms with Gasteiger partial charge in [0.2, 0.25) is 0 Å². The van der Waals surface area contributed by atoms with Gasteiger partial charge in [0.05, 0.1) is 13.1 Å². The highest BCUT2D eigenvalue weighted by atomic mass is 16.1. The zero-order valence-corrected chi connectivity index (χ0v) is 6.80. The van der Waals surface area contributed by atoms with Crippen LogP contribution >= 0.6 is 0 Å². The second-order valence-electron chi connectivity index (χ2n) is 3.05. The Kier molecular flexibility index (Phi) is 2.76. The molecule has 3 heteroatoms. The maximum Gasteiger partial charge on any atom is 0.146 e. The molecule has 0 aromatic heterocycles. The third-order valence-corrected chi connectivity index (χ3v) is 1.78. The van der Waals surface area contributed by atoms with Gasteiger partial charge in [0.15, 0.2) is 0 Å². The fourth-order valence-corrected chi connectivity index (χ4v) is 1.36. The first-order chi connectivity index (χ1) is 5.18. The predicted molar refractivity (Wildman–Crippen MR) is 41.4 cm³/mol. The van der Waals surface area contributed by atoms with Crippen LogP contribution in [0.1, 0.15) is 19.8 Å². The molecule has 0 aromatic carbocycles. The van der Waals surface area contributed by atoms with Gasteiger partial charge in [0.1, 0.15) is 11.6 Å². The Morgan fingerprint density at radius 1 is 1.64 bits per heavy atom. The molecule has 62 valence electrons. The molecule has 3 nitrogen and oxygen atoms in total. The van der Waals surface area contributed by atoms with E-state index in [1.54, 1.807) is 6.92 Å². The monoisotopic (exact) mass is 155 g/mol. The lowest BCUT2D eigenvalue weighted by atomic mass is 10.1. The van der Waals surface area contributed by atoms with Crippen LogP contribution in [0.3, 0.4) is 0 Å². The summed E-state index contributed by atoms with van der Waals surface area (Å²) in [5.74, 6) is 0.400. The lowest BCUT2D eigenvalue weighted by molar-refractivity contribution is -0.124. The number of carbonyl (C=O) groups is 2. The molecule has 0 aromatic rings. The molecule has 0 amide bonds. The van der Waals surface area contributed by atoms with Crippen LogP contribution in [0.15, 0.2) is 0 Å². The normalized spacial score (nSPS) is 20.3. The minimum absolute atomic E-state index is 0.139. The molecule has 1 aliphatic rings. The first-order valence-electron chi connectivity index (χ1n) is 3.92. The Balaban J connectivity index is 2.34. The van der Waals surface area contributed by atoms with E-state index < -0.39 is 0 Å². The Hall–Kier alpha value is -0.700. The van der Waals surface area contributed by atoms with E-state index in [0.717, 1.165) is 13.0 Å². The SMILES string of the molecule is CC(=O)CN1CCCC(=O)C1. The maximum absolute atomic E-state index is 10.9. The van der Waals surface area contributed by atoms with Crippen LogP contribution in [0.4, 0.5) is 0 Å². The van der Waals surface area contributed by atoms with Crippen molar-refractivity contribution in [3.63, 3.8) is 0 Å². The average molecular weight is 155 g/mol. The molecule has 1 rings (SSSR count). The van der Waals surface area contributed by atoms with Gasteiger partial charge in [0, 0.05) is 6.42 Å². The highest BCUT2D eigenvalue weighted by Gasteiger charge is 2.16. The Labute approximate surface area is 66.4 Å². The van der Waals surface area contributed by atoms with Gasteiger partial charge in [-0.25, -0.2) is 0 Å². The molecule has 0 saturated carbocycles. The van der Waals surface area contributed by atoms with E-state index in [2.05, 4.69) is 0 Å². The van der Waals surface area contributed by atoms with Crippen molar-refractivity contribution >= 4 is 11.6 Å². The van der Waals surface area contributed by atoms with Crippen molar-refractivity contribution in [3.8, 4) is 0 Å². The summed E-state index contributed by atoms with van der Waals surface area (Å²) >= 11 is 0. The van der Waals surface area contributed by atoms with Gasteiger partial charge < -0.3 is 0 Å². The van der Waals surface area contributed by atoms with Crippen LogP contribution in [-0.2, 0) is 9.59 Å². The summed E-state index contributed by atoms with van der Waals surface area (Å²) < 4.78 is 0. The van der Waals surface area contributed by atoms with Crippen molar-refractivity contribution in [2.75, 3.05) is 19.6 Å². The van der Waals surface area contributed by atoms with Crippen molar-refractivity contribution in [3.05, 3.63) is 0 Å². The van der Waals surface area contributed by atoms with Crippen molar-refractivity contribution in [1.29, 1.82) is 0 Å². The molecule has 1 heterocycles. The molecule has 0 bridgehead atoms. The molecule has 11 heavy (non-hydrogen) atoms. The average Bonchev–Trinajstić information content (AvgIpc) is 1.85. The van der Waals surface area contributed by atoms with E-state index in [1.807, 2.05) is 4.90 Å². The number of Topliss-reactive ketones (excluding diaryl/α,β-unsaturated/α-hetero) is 2. The van der Waals surface area contributed by atoms with Crippen molar-refractivity contribution < 1.29 is 9.59 Å². The van der Waals surface area contributed by atoms with Crippen molar-refractivity contribution in [2.45, 2.75) is 19.8 Å². The molecule has 0 atom stereocenters. The Morgan fingerprint density at radius 3 is 2.91 bits per heavy atom. The van der Waals surface area contributed by atoms with Crippen LogP contribution in [-0.4, -0.2) is 36.1 Å². The lowest BCUT2D eigenvalue weighted by Gasteiger charge is -2.23. The van der Waals surface area contributed by atoms with Gasteiger partial charge >= 0.3 is 0 Å². The molecule has 1 fully saturated rings. The van der Waals surface area contributed by atoms with E-state index in [4.69, 9.17) is 0 Å². The summed E-state index contributed by atoms with van der Waals surface area (Å²) in [6.45, 7) is 3.36. The molecule has 0 radical (unpaired) electrons. The molecule has 0 spiro atoms. The standard InChI is InChI=1S/C8H13NO2/c1-7(10)5-9-4-2-3-8(11)6-9/h2-6H2,1H3. The third-order valence-electron chi connectivity index (χ3n) is 1.78. The molecule has 0 N–H and O–H groups in total. The van der Waals surface area contributed by atoms with Crippen LogP contribution in [0.25, 0.3) is 0 Å². The number of ketones is 2. The molecular weight excluding hydrogens is 142 g/mol. The second-order valence-corrected chi connectivity index (χ2v) is 3.05. The summed E-state index contributed by atoms with van der Waals surface area (Å²) in [5.41, 5.74) is 0. The largest absolute Gasteiger partial charge is 0.299 e. The topological polar surface area (TPSA) is 37.4 Å². The minimum atomic E-state index is 0.139. The van der Waals surface area contributed by atoms with Gasteiger partial charge in [-0.1, -0.05) is 0 Å². The Morgan fingerprint density at radius 2 is 2.36 bits per heavy atom. The van der Waals surface area contributed by atoms with Gasteiger partial charge in [-0.3, -0.25) is 14.5 Å². The molecule has 0 unspecified atom stereocenters. The third kappa shape index (κ3) is 2.80. The van der Waals surface area contributed by atoms with Crippen LogP contribution in [0.5, 0.6) is 0 Å². The summed E-state index contributed by atoms with van der Waals surface area (Å²) in [4.78, 5) is 23.5. The van der Waals surface area contributed by atoms with E-state index in [9.17, 15) is 9.59 Å². The number of rotatable bonds is 2. The highest BCUT2D eigenvalue weighted by molar-refractivity contribution is 5.83. The highest BCUT2D eigenvalue weighted by Crippen LogP contribution is 2.04. The van der Waals surface area contributed by atoms with E-state index in [0.29, 0.717) is 19.5 Å². The summed E-state index contributed by atoms with van der Waals surface area (Å²) in [7, 11) is 0. The quantitative estimate of drug-likeness (QED) is 0.573. The summed E-state index contributed by atoms with van der Waals surface area (Å²) in [6, 6.07) is 0. The maximum atomic E-state index is 10.9. The molecule has 1 saturated heterocycles. The number of piperidine rings is 1. The number of hydrogen-bond donors (Lipinski definition) is 0. The van der Waals surface area contributed by atoms with Gasteiger partial charge in [-0.15, -0.1) is 0 Å². The Bertz CT molecular complexity index is 175. The fourth-order valence-electron chi connectivity index (χ4n) is 1.36. The number of nitrogens with zero attached hydrogens (tertiary/aromatic N) is 1. The second kappa shape index (κ2) is 3.62. The molecule has 1 aliphatic heterocycles. The van der Waals surface area contributed by atoms with Gasteiger partial charge in [-0.05, 0) is 19.9 Å². The first kappa shape index (κ1) is 8.40. The minimum Gasteiger partial charge on any atom is -0.299 e. The van der Waals surface area contributed by atoms with Crippen LogP contribution < -0.4 is 0 Å². The fraction of sp³-hybridized carbons (Fsp3) is 0.750. The van der Waals surface area contributed by atoms with Crippen molar-refractivity contribution in [1.82, 2.24) is 4.90 Å². The number of likely N-dealkylation sites (tertiary alicyclic amines) is 1. The summed E-state index contributed by atoms with van der Waals surface area (Å²) in [6.07, 6.45) is 1.60. The van der Waals surface area contributed by atoms with Gasteiger partial charge in [-0.2, -0.15) is 0 Å². The smallest absolute Gasteiger partial charge is 0.146 e. The lowest BCUT2D eigenvalue weighted by Crippen LogP contribution is -2.38. The van der Waals surface area contributed by atoms with Crippen LogP contribution in [0, 0.1) is 0 Å². The zero-order chi connectivity index (χ0) is 8.27. The number of hydrogen-bond acceptors (Lipinski definition) is 3. The number of carbonyl (C=O) groups excluding carboxylic acids is 2. The molecule has 0 aliphatic carbocycles. The van der Waals surface area contributed by atoms with Gasteiger partial charge in [0.25, 0.3) is 0 Å². The van der Waals surface area contributed by atoms with Crippen LogP contribution in [0.2, 0.25) is 0 Å². The van der Waals surface area contributed by atoms with E-state index in [1.165, 1.54) is 0 Å². The first-order valence-corrected chi connectivity index (χ1v) is 3.92. The van der Waals surface area contributed by atoms with Crippen molar-refractivity contribution in [2.24, 2.45) is 0 Å².